The number of carbonyl (C=O) groups excluding carboxylic acids is 1. The molecule has 1 spiro atoms. The second-order valence-corrected chi connectivity index (χ2v) is 5.20. The number of hydrogen-bond acceptors (Lipinski definition) is 3. The Balaban J connectivity index is 2.01. The Bertz CT molecular complexity index is 283. The van der Waals surface area contributed by atoms with E-state index in [0.717, 1.165) is 38.8 Å². The minimum Gasteiger partial charge on any atom is -0.381 e. The lowest BCUT2D eigenvalue weighted by Crippen LogP contribution is -2.55. The Kier molecular flexibility index (Phi) is 4.28. The van der Waals surface area contributed by atoms with Gasteiger partial charge in [-0.3, -0.25) is 4.79 Å². The first kappa shape index (κ1) is 13.1. The molecule has 17 heavy (non-hydrogen) atoms. The van der Waals surface area contributed by atoms with Gasteiger partial charge >= 0.3 is 0 Å². The van der Waals surface area contributed by atoms with E-state index in [4.69, 9.17) is 21.1 Å². The first-order valence-corrected chi connectivity index (χ1v) is 6.73. The molecular weight excluding hydrogens is 242 g/mol. The zero-order valence-corrected chi connectivity index (χ0v) is 11.0. The van der Waals surface area contributed by atoms with E-state index < -0.39 is 0 Å². The van der Waals surface area contributed by atoms with E-state index in [1.165, 1.54) is 0 Å². The predicted octanol–water partition coefficient (Wildman–Crippen LogP) is 1.41. The van der Waals surface area contributed by atoms with Crippen molar-refractivity contribution in [3.63, 3.8) is 0 Å². The van der Waals surface area contributed by atoms with Crippen LogP contribution in [0.4, 0.5) is 0 Å². The van der Waals surface area contributed by atoms with Gasteiger partial charge in [-0.15, -0.1) is 11.6 Å². The number of ether oxygens (including phenoxy) is 2. The molecule has 2 heterocycles. The molecule has 0 aliphatic carbocycles. The summed E-state index contributed by atoms with van der Waals surface area (Å²) in [4.78, 5) is 13.5. The van der Waals surface area contributed by atoms with Crippen LogP contribution in [0.3, 0.4) is 0 Å². The van der Waals surface area contributed by atoms with Crippen molar-refractivity contribution in [3.8, 4) is 0 Å². The zero-order chi connectivity index (χ0) is 12.3. The summed E-state index contributed by atoms with van der Waals surface area (Å²) in [7, 11) is 1.74. The molecule has 0 aromatic rings. The fourth-order valence-electron chi connectivity index (χ4n) is 2.86. The van der Waals surface area contributed by atoms with Crippen LogP contribution in [0.5, 0.6) is 0 Å². The summed E-state index contributed by atoms with van der Waals surface area (Å²) in [6.07, 6.45) is 4.09. The average Bonchev–Trinajstić information content (AvgIpc) is 2.38. The number of hydrogen-bond donors (Lipinski definition) is 0. The first-order valence-electron chi connectivity index (χ1n) is 6.19. The van der Waals surface area contributed by atoms with Crippen molar-refractivity contribution in [2.45, 2.75) is 37.4 Å². The van der Waals surface area contributed by atoms with E-state index >= 15 is 0 Å². The minimum atomic E-state index is -0.196. The monoisotopic (exact) mass is 261 g/mol. The van der Waals surface area contributed by atoms with Crippen LogP contribution in [0, 0.1) is 0 Å². The van der Waals surface area contributed by atoms with E-state index in [1.807, 2.05) is 4.90 Å². The van der Waals surface area contributed by atoms with Crippen LogP contribution in [-0.4, -0.2) is 55.2 Å². The number of halogens is 1. The smallest absolute Gasteiger partial charge is 0.237 e. The minimum absolute atomic E-state index is 0.00822. The fraction of sp³-hybridized carbons (Fsp3) is 0.917. The molecule has 0 bridgehead atoms. The lowest BCUT2D eigenvalue weighted by molar-refractivity contribution is -0.162. The quantitative estimate of drug-likeness (QED) is 0.706. The summed E-state index contributed by atoms with van der Waals surface area (Å²) in [5.41, 5.74) is -0.196. The van der Waals surface area contributed by atoms with Gasteiger partial charge in [-0.05, 0) is 19.3 Å². The average molecular weight is 262 g/mol. The van der Waals surface area contributed by atoms with Crippen molar-refractivity contribution < 1.29 is 14.3 Å². The molecule has 2 saturated heterocycles. The van der Waals surface area contributed by atoms with Gasteiger partial charge in [0.05, 0.1) is 11.7 Å². The summed E-state index contributed by atoms with van der Waals surface area (Å²) in [5, 5.41) is 0. The molecule has 2 aliphatic heterocycles. The van der Waals surface area contributed by atoms with Crippen LogP contribution in [0.2, 0.25) is 0 Å². The highest BCUT2D eigenvalue weighted by atomic mass is 35.5. The van der Waals surface area contributed by atoms with E-state index in [1.54, 1.807) is 7.11 Å². The number of likely N-dealkylation sites (tertiary alicyclic amines) is 1. The number of carbonyl (C=O) groups is 1. The third kappa shape index (κ3) is 2.92. The van der Waals surface area contributed by atoms with Crippen molar-refractivity contribution in [2.75, 3.05) is 32.7 Å². The molecule has 1 amide bonds. The highest BCUT2D eigenvalue weighted by Crippen LogP contribution is 2.34. The summed E-state index contributed by atoms with van der Waals surface area (Å²) in [5.74, 6) is 0.0675. The second kappa shape index (κ2) is 5.55. The Morgan fingerprint density at radius 1 is 1.65 bits per heavy atom. The third-order valence-electron chi connectivity index (χ3n) is 3.79. The molecule has 0 aromatic heterocycles. The first-order chi connectivity index (χ1) is 8.19. The topological polar surface area (TPSA) is 38.8 Å². The summed E-state index contributed by atoms with van der Waals surface area (Å²) < 4.78 is 11.4. The van der Waals surface area contributed by atoms with Gasteiger partial charge in [-0.1, -0.05) is 0 Å². The van der Waals surface area contributed by atoms with E-state index in [9.17, 15) is 4.79 Å². The molecule has 2 atom stereocenters. The zero-order valence-electron chi connectivity index (χ0n) is 10.3. The Morgan fingerprint density at radius 3 is 3.18 bits per heavy atom. The van der Waals surface area contributed by atoms with Crippen molar-refractivity contribution in [1.82, 2.24) is 4.90 Å². The number of nitrogens with zero attached hydrogens (tertiary/aromatic N) is 1. The molecule has 2 fully saturated rings. The third-order valence-corrected chi connectivity index (χ3v) is 4.02. The molecular formula is C12H20ClNO3. The van der Waals surface area contributed by atoms with Crippen LogP contribution < -0.4 is 0 Å². The maximum absolute atomic E-state index is 11.7. The normalized spacial score (nSPS) is 34.0. The molecule has 0 N–H and O–H groups in total. The van der Waals surface area contributed by atoms with Gasteiger partial charge < -0.3 is 14.4 Å². The van der Waals surface area contributed by atoms with E-state index in [-0.39, 0.29) is 23.5 Å². The predicted molar refractivity (Wildman–Crippen MR) is 65.2 cm³/mol. The Hall–Kier alpha value is -0.320. The Labute approximate surface area is 107 Å². The lowest BCUT2D eigenvalue weighted by atomic mass is 9.84. The summed E-state index contributed by atoms with van der Waals surface area (Å²) >= 11 is 5.61. The fourth-order valence-corrected chi connectivity index (χ4v) is 3.03. The van der Waals surface area contributed by atoms with Crippen LogP contribution in [0.1, 0.15) is 25.7 Å². The number of amides is 1. The molecule has 0 aromatic carbocycles. The molecule has 0 saturated carbocycles. The lowest BCUT2D eigenvalue weighted by Gasteiger charge is -2.46. The van der Waals surface area contributed by atoms with Gasteiger partial charge in [0.15, 0.2) is 0 Å². The van der Waals surface area contributed by atoms with Gasteiger partial charge in [0.1, 0.15) is 5.88 Å². The van der Waals surface area contributed by atoms with Gasteiger partial charge in [0, 0.05) is 33.2 Å². The molecule has 4 nitrogen and oxygen atoms in total. The molecule has 5 heteroatoms. The van der Waals surface area contributed by atoms with Crippen molar-refractivity contribution >= 4 is 17.5 Å². The van der Waals surface area contributed by atoms with Crippen LogP contribution in [-0.2, 0) is 14.3 Å². The Morgan fingerprint density at radius 2 is 2.47 bits per heavy atom. The van der Waals surface area contributed by atoms with Gasteiger partial charge in [0.2, 0.25) is 5.91 Å². The SMILES string of the molecule is CO[C@@H]1CCO[C@@]2(CCCN(C(=O)CCl)C2)C1. The number of piperidine rings is 1. The van der Waals surface area contributed by atoms with E-state index in [2.05, 4.69) is 0 Å². The van der Waals surface area contributed by atoms with Crippen molar-refractivity contribution in [3.05, 3.63) is 0 Å². The highest BCUT2D eigenvalue weighted by Gasteiger charge is 2.42. The van der Waals surface area contributed by atoms with Crippen LogP contribution in [0.25, 0.3) is 0 Å². The number of rotatable bonds is 2. The summed E-state index contributed by atoms with van der Waals surface area (Å²) in [6, 6.07) is 0. The molecule has 0 radical (unpaired) electrons. The van der Waals surface area contributed by atoms with E-state index in [0.29, 0.717) is 6.54 Å². The second-order valence-electron chi connectivity index (χ2n) is 4.93. The van der Waals surface area contributed by atoms with Crippen molar-refractivity contribution in [2.24, 2.45) is 0 Å². The molecule has 0 unspecified atom stereocenters. The standard InChI is InChI=1S/C12H20ClNO3/c1-16-10-3-6-17-12(7-10)4-2-5-14(9-12)11(15)8-13/h10H,2-9H2,1H3/t10-,12+/m1/s1. The maximum Gasteiger partial charge on any atom is 0.237 e. The van der Waals surface area contributed by atoms with Gasteiger partial charge in [0.25, 0.3) is 0 Å². The largest absolute Gasteiger partial charge is 0.381 e. The number of alkyl halides is 1. The molecule has 2 aliphatic rings. The molecule has 2 rings (SSSR count). The highest BCUT2D eigenvalue weighted by molar-refractivity contribution is 6.27. The van der Waals surface area contributed by atoms with Crippen LogP contribution in [0.15, 0.2) is 0 Å². The van der Waals surface area contributed by atoms with Crippen molar-refractivity contribution in [1.29, 1.82) is 0 Å². The number of methoxy groups -OCH3 is 1. The van der Waals surface area contributed by atoms with Crippen LogP contribution >= 0.6 is 11.6 Å². The maximum atomic E-state index is 11.7. The summed E-state index contributed by atoms with van der Waals surface area (Å²) in [6.45, 7) is 2.19. The molecule has 98 valence electrons. The van der Waals surface area contributed by atoms with Gasteiger partial charge in [-0.2, -0.15) is 0 Å². The van der Waals surface area contributed by atoms with Gasteiger partial charge in [-0.25, -0.2) is 0 Å².